The fourth-order valence-electron chi connectivity index (χ4n) is 1.43. The van der Waals surface area contributed by atoms with E-state index in [1.165, 1.54) is 0 Å². The van der Waals surface area contributed by atoms with Crippen LogP contribution in [0.3, 0.4) is 0 Å². The number of hydrogen-bond donors (Lipinski definition) is 1. The van der Waals surface area contributed by atoms with Gasteiger partial charge in [-0.05, 0) is 0 Å². The lowest BCUT2D eigenvalue weighted by atomic mass is 10.1. The lowest BCUT2D eigenvalue weighted by Gasteiger charge is -2.08. The first-order valence-corrected chi connectivity index (χ1v) is 4.40. The average molecular weight is 191 g/mol. The van der Waals surface area contributed by atoms with Crippen molar-refractivity contribution >= 4 is 0 Å². The first kappa shape index (κ1) is 8.96. The van der Waals surface area contributed by atoms with E-state index in [1.54, 1.807) is 17.1 Å². The molecule has 0 aliphatic heterocycles. The zero-order valence-electron chi connectivity index (χ0n) is 8.25. The molecule has 0 amide bonds. The largest absolute Gasteiger partial charge is 0.336 e. The number of nitrogens with zero attached hydrogens (tertiary/aromatic N) is 4. The molecule has 2 N–H and O–H groups in total. The van der Waals surface area contributed by atoms with E-state index in [1.807, 2.05) is 31.1 Å². The summed E-state index contributed by atoms with van der Waals surface area (Å²) in [4.78, 5) is 4.20. The van der Waals surface area contributed by atoms with E-state index < -0.39 is 0 Å². The van der Waals surface area contributed by atoms with Crippen LogP contribution in [-0.4, -0.2) is 19.3 Å². The molecule has 74 valence electrons. The van der Waals surface area contributed by atoms with Gasteiger partial charge in [0, 0.05) is 38.2 Å². The molecule has 5 heteroatoms. The van der Waals surface area contributed by atoms with E-state index in [0.717, 1.165) is 11.4 Å². The number of imidazole rings is 1. The highest BCUT2D eigenvalue weighted by atomic mass is 15.2. The van der Waals surface area contributed by atoms with Crippen LogP contribution >= 0.6 is 0 Å². The molecule has 2 rings (SSSR count). The Morgan fingerprint density at radius 1 is 1.43 bits per heavy atom. The molecule has 0 aromatic carbocycles. The molecule has 2 heterocycles. The smallest absolute Gasteiger partial charge is 0.130 e. The molecule has 0 saturated heterocycles. The van der Waals surface area contributed by atoms with Gasteiger partial charge >= 0.3 is 0 Å². The van der Waals surface area contributed by atoms with Gasteiger partial charge in [0.25, 0.3) is 0 Å². The molecule has 5 nitrogen and oxygen atoms in total. The van der Waals surface area contributed by atoms with Crippen LogP contribution < -0.4 is 5.73 Å². The van der Waals surface area contributed by atoms with Crippen LogP contribution in [-0.2, 0) is 14.1 Å². The second-order valence-corrected chi connectivity index (χ2v) is 3.32. The number of aryl methyl sites for hydroxylation is 2. The molecule has 0 bridgehead atoms. The van der Waals surface area contributed by atoms with Gasteiger partial charge < -0.3 is 10.3 Å². The molecule has 1 atom stereocenters. The molecule has 14 heavy (non-hydrogen) atoms. The number of aromatic nitrogens is 4. The molecule has 0 fully saturated rings. The van der Waals surface area contributed by atoms with E-state index in [2.05, 4.69) is 10.1 Å². The van der Waals surface area contributed by atoms with Crippen molar-refractivity contribution in [1.82, 2.24) is 19.3 Å². The van der Waals surface area contributed by atoms with Crippen molar-refractivity contribution < 1.29 is 0 Å². The van der Waals surface area contributed by atoms with Crippen molar-refractivity contribution in [3.05, 3.63) is 36.2 Å². The lowest BCUT2D eigenvalue weighted by molar-refractivity contribution is 0.714. The van der Waals surface area contributed by atoms with Crippen molar-refractivity contribution in [1.29, 1.82) is 0 Å². The standard InChI is InChI=1S/C9H13N5/c1-13-4-3-11-9(13)8(10)7-5-12-14(2)6-7/h3-6,8H,10H2,1-2H3. The molecule has 0 aliphatic carbocycles. The average Bonchev–Trinajstić information content (AvgIpc) is 2.73. The van der Waals surface area contributed by atoms with Gasteiger partial charge in [-0.15, -0.1) is 0 Å². The van der Waals surface area contributed by atoms with E-state index in [4.69, 9.17) is 5.73 Å². The second kappa shape index (κ2) is 3.26. The highest BCUT2D eigenvalue weighted by Gasteiger charge is 2.14. The van der Waals surface area contributed by atoms with Crippen molar-refractivity contribution in [3.8, 4) is 0 Å². The summed E-state index contributed by atoms with van der Waals surface area (Å²) in [7, 11) is 3.80. The zero-order chi connectivity index (χ0) is 10.1. The van der Waals surface area contributed by atoms with Gasteiger partial charge in [-0.3, -0.25) is 4.68 Å². The third-order valence-electron chi connectivity index (χ3n) is 2.22. The predicted octanol–water partition coefficient (Wildman–Crippen LogP) is 0.202. The normalized spacial score (nSPS) is 13.1. The minimum Gasteiger partial charge on any atom is -0.336 e. The Morgan fingerprint density at radius 3 is 2.71 bits per heavy atom. The third-order valence-corrected chi connectivity index (χ3v) is 2.22. The maximum atomic E-state index is 6.04. The number of hydrogen-bond acceptors (Lipinski definition) is 3. The van der Waals surface area contributed by atoms with E-state index in [-0.39, 0.29) is 6.04 Å². The Labute approximate surface area is 82.2 Å². The minimum absolute atomic E-state index is 0.205. The highest BCUT2D eigenvalue weighted by molar-refractivity contribution is 5.18. The van der Waals surface area contributed by atoms with Gasteiger partial charge in [0.1, 0.15) is 5.82 Å². The first-order valence-electron chi connectivity index (χ1n) is 4.40. The van der Waals surface area contributed by atoms with Gasteiger partial charge in [0.15, 0.2) is 0 Å². The Morgan fingerprint density at radius 2 is 2.21 bits per heavy atom. The van der Waals surface area contributed by atoms with Crippen LogP contribution in [0.5, 0.6) is 0 Å². The van der Waals surface area contributed by atoms with Gasteiger partial charge in [0.05, 0.1) is 12.2 Å². The summed E-state index contributed by atoms with van der Waals surface area (Å²) in [6.45, 7) is 0. The summed E-state index contributed by atoms with van der Waals surface area (Å²) < 4.78 is 3.65. The summed E-state index contributed by atoms with van der Waals surface area (Å²) in [5.41, 5.74) is 7.01. The van der Waals surface area contributed by atoms with E-state index in [0.29, 0.717) is 0 Å². The summed E-state index contributed by atoms with van der Waals surface area (Å²) in [6.07, 6.45) is 7.29. The molecule has 2 aromatic heterocycles. The van der Waals surface area contributed by atoms with Crippen molar-refractivity contribution in [2.45, 2.75) is 6.04 Å². The van der Waals surface area contributed by atoms with Crippen LogP contribution in [0, 0.1) is 0 Å². The van der Waals surface area contributed by atoms with Crippen molar-refractivity contribution in [2.24, 2.45) is 19.8 Å². The fourth-order valence-corrected chi connectivity index (χ4v) is 1.43. The van der Waals surface area contributed by atoms with Crippen LogP contribution in [0.1, 0.15) is 17.4 Å². The van der Waals surface area contributed by atoms with Crippen LogP contribution in [0.4, 0.5) is 0 Å². The number of nitrogens with two attached hydrogens (primary N) is 1. The highest BCUT2D eigenvalue weighted by Crippen LogP contribution is 2.15. The first-order chi connectivity index (χ1) is 6.68. The van der Waals surface area contributed by atoms with Gasteiger partial charge in [-0.1, -0.05) is 0 Å². The quantitative estimate of drug-likeness (QED) is 0.737. The summed E-state index contributed by atoms with van der Waals surface area (Å²) in [6, 6.07) is -0.205. The SMILES string of the molecule is Cn1cc(C(N)c2nccn2C)cn1. The third kappa shape index (κ3) is 1.42. The summed E-state index contributed by atoms with van der Waals surface area (Å²) in [5.74, 6) is 0.845. The minimum atomic E-state index is -0.205. The van der Waals surface area contributed by atoms with Crippen molar-refractivity contribution in [2.75, 3.05) is 0 Å². The predicted molar refractivity (Wildman–Crippen MR) is 52.4 cm³/mol. The van der Waals surface area contributed by atoms with Crippen molar-refractivity contribution in [3.63, 3.8) is 0 Å². The lowest BCUT2D eigenvalue weighted by Crippen LogP contribution is -2.15. The van der Waals surface area contributed by atoms with E-state index in [9.17, 15) is 0 Å². The topological polar surface area (TPSA) is 61.7 Å². The Balaban J connectivity index is 2.33. The Hall–Kier alpha value is -1.62. The molecule has 0 aliphatic rings. The molecule has 0 radical (unpaired) electrons. The van der Waals surface area contributed by atoms with E-state index >= 15 is 0 Å². The molecule has 1 unspecified atom stereocenters. The second-order valence-electron chi connectivity index (χ2n) is 3.32. The number of rotatable bonds is 2. The monoisotopic (exact) mass is 191 g/mol. The Bertz CT molecular complexity index is 428. The van der Waals surface area contributed by atoms with Gasteiger partial charge in [0.2, 0.25) is 0 Å². The van der Waals surface area contributed by atoms with Crippen LogP contribution in [0.2, 0.25) is 0 Å². The summed E-state index contributed by atoms with van der Waals surface area (Å²) >= 11 is 0. The Kier molecular flexibility index (Phi) is 2.09. The molecule has 0 saturated carbocycles. The summed E-state index contributed by atoms with van der Waals surface area (Å²) in [5, 5.41) is 4.08. The maximum Gasteiger partial charge on any atom is 0.130 e. The maximum absolute atomic E-state index is 6.04. The van der Waals surface area contributed by atoms with Crippen LogP contribution in [0.15, 0.2) is 24.8 Å². The van der Waals surface area contributed by atoms with Gasteiger partial charge in [-0.2, -0.15) is 5.10 Å². The molecular weight excluding hydrogens is 178 g/mol. The fraction of sp³-hybridized carbons (Fsp3) is 0.333. The van der Waals surface area contributed by atoms with Crippen LogP contribution in [0.25, 0.3) is 0 Å². The molecular formula is C9H13N5. The molecule has 2 aromatic rings. The molecule has 0 spiro atoms. The zero-order valence-corrected chi connectivity index (χ0v) is 8.25. The van der Waals surface area contributed by atoms with Gasteiger partial charge in [-0.25, -0.2) is 4.98 Å².